The Kier molecular flexibility index (Phi) is 3.35. The van der Waals surface area contributed by atoms with Crippen LogP contribution < -0.4 is 15.2 Å². The minimum atomic E-state index is 0.458. The van der Waals surface area contributed by atoms with Gasteiger partial charge in [-0.2, -0.15) is 5.26 Å². The number of rotatable bonds is 3. The number of benzene rings is 2. The van der Waals surface area contributed by atoms with Crippen LogP contribution in [0.3, 0.4) is 0 Å². The quantitative estimate of drug-likeness (QED) is 0.837. The molecular weight excluding hydrogens is 228 g/mol. The van der Waals surface area contributed by atoms with Gasteiger partial charge in [-0.25, -0.2) is 0 Å². The lowest BCUT2D eigenvalue weighted by atomic mass is 10.2. The van der Waals surface area contributed by atoms with E-state index in [1.54, 1.807) is 49.6 Å². The van der Waals surface area contributed by atoms with Gasteiger partial charge in [-0.3, -0.25) is 0 Å². The highest BCUT2D eigenvalue weighted by atomic mass is 16.5. The molecule has 0 radical (unpaired) electrons. The van der Waals surface area contributed by atoms with E-state index in [0.29, 0.717) is 28.5 Å². The van der Waals surface area contributed by atoms with Gasteiger partial charge in [0.2, 0.25) is 0 Å². The van der Waals surface area contributed by atoms with Crippen molar-refractivity contribution in [1.82, 2.24) is 0 Å². The van der Waals surface area contributed by atoms with Crippen LogP contribution in [0.25, 0.3) is 0 Å². The van der Waals surface area contributed by atoms with E-state index in [-0.39, 0.29) is 0 Å². The van der Waals surface area contributed by atoms with E-state index >= 15 is 0 Å². The second-order valence-electron chi connectivity index (χ2n) is 3.61. The van der Waals surface area contributed by atoms with Gasteiger partial charge < -0.3 is 15.2 Å². The minimum Gasteiger partial charge on any atom is -0.497 e. The van der Waals surface area contributed by atoms with E-state index < -0.39 is 0 Å². The fourth-order valence-corrected chi connectivity index (χ4v) is 1.50. The molecule has 0 amide bonds. The molecule has 0 aliphatic heterocycles. The Morgan fingerprint density at radius 1 is 1.11 bits per heavy atom. The molecule has 2 rings (SSSR count). The number of nitriles is 1. The average molecular weight is 240 g/mol. The van der Waals surface area contributed by atoms with Gasteiger partial charge in [-0.1, -0.05) is 12.1 Å². The van der Waals surface area contributed by atoms with Crippen molar-refractivity contribution >= 4 is 5.69 Å². The molecule has 0 saturated heterocycles. The van der Waals surface area contributed by atoms with Crippen molar-refractivity contribution in [2.75, 3.05) is 12.8 Å². The Bertz CT molecular complexity index is 603. The van der Waals surface area contributed by atoms with Gasteiger partial charge in [0.15, 0.2) is 5.75 Å². The van der Waals surface area contributed by atoms with Crippen LogP contribution in [0.5, 0.6) is 17.2 Å². The molecule has 2 aromatic rings. The summed E-state index contributed by atoms with van der Waals surface area (Å²) in [6, 6.07) is 14.2. The van der Waals surface area contributed by atoms with Crippen LogP contribution in [0.2, 0.25) is 0 Å². The lowest BCUT2D eigenvalue weighted by molar-refractivity contribution is 0.409. The molecule has 0 unspecified atom stereocenters. The highest BCUT2D eigenvalue weighted by Gasteiger charge is 2.07. The summed E-state index contributed by atoms with van der Waals surface area (Å²) >= 11 is 0. The van der Waals surface area contributed by atoms with Crippen molar-refractivity contribution in [2.45, 2.75) is 0 Å². The Labute approximate surface area is 105 Å². The number of methoxy groups -OCH3 is 1. The zero-order valence-corrected chi connectivity index (χ0v) is 9.88. The average Bonchev–Trinajstić information content (AvgIpc) is 2.42. The fraction of sp³-hybridized carbons (Fsp3) is 0.0714. The molecule has 4 heteroatoms. The van der Waals surface area contributed by atoms with Crippen LogP contribution in [0.4, 0.5) is 5.69 Å². The van der Waals surface area contributed by atoms with E-state index in [1.165, 1.54) is 0 Å². The van der Waals surface area contributed by atoms with Gasteiger partial charge in [0.05, 0.1) is 18.4 Å². The van der Waals surface area contributed by atoms with Crippen molar-refractivity contribution in [3.05, 3.63) is 48.0 Å². The first-order valence-electron chi connectivity index (χ1n) is 5.35. The van der Waals surface area contributed by atoms with Crippen LogP contribution in [0.15, 0.2) is 42.5 Å². The van der Waals surface area contributed by atoms with Crippen molar-refractivity contribution in [3.63, 3.8) is 0 Å². The Morgan fingerprint density at radius 3 is 2.61 bits per heavy atom. The summed E-state index contributed by atoms with van der Waals surface area (Å²) in [6.45, 7) is 0. The molecule has 0 aliphatic rings. The molecule has 0 fully saturated rings. The van der Waals surface area contributed by atoms with Gasteiger partial charge in [0.25, 0.3) is 0 Å². The Morgan fingerprint density at radius 2 is 1.89 bits per heavy atom. The van der Waals surface area contributed by atoms with E-state index in [4.69, 9.17) is 20.5 Å². The molecule has 0 heterocycles. The lowest BCUT2D eigenvalue weighted by Gasteiger charge is -2.10. The Balaban J connectivity index is 2.37. The summed E-state index contributed by atoms with van der Waals surface area (Å²) in [5.41, 5.74) is 6.77. The molecular formula is C14H12N2O2. The monoisotopic (exact) mass is 240 g/mol. The van der Waals surface area contributed by atoms with Gasteiger partial charge >= 0.3 is 0 Å². The molecule has 4 nitrogen and oxygen atoms in total. The maximum Gasteiger partial charge on any atom is 0.154 e. The first-order chi connectivity index (χ1) is 8.74. The molecule has 0 aromatic heterocycles. The number of hydrogen-bond acceptors (Lipinski definition) is 4. The molecule has 0 atom stereocenters. The lowest BCUT2D eigenvalue weighted by Crippen LogP contribution is -1.94. The number of anilines is 1. The van der Waals surface area contributed by atoms with E-state index in [1.807, 2.05) is 0 Å². The van der Waals surface area contributed by atoms with Crippen molar-refractivity contribution in [2.24, 2.45) is 0 Å². The minimum absolute atomic E-state index is 0.458. The zero-order valence-electron chi connectivity index (χ0n) is 9.88. The molecule has 90 valence electrons. The molecule has 2 N–H and O–H groups in total. The van der Waals surface area contributed by atoms with Crippen LogP contribution in [0, 0.1) is 11.3 Å². The topological polar surface area (TPSA) is 68.3 Å². The van der Waals surface area contributed by atoms with Crippen molar-refractivity contribution in [3.8, 4) is 23.3 Å². The van der Waals surface area contributed by atoms with Crippen LogP contribution in [0.1, 0.15) is 5.56 Å². The van der Waals surface area contributed by atoms with Crippen LogP contribution in [-0.4, -0.2) is 7.11 Å². The van der Waals surface area contributed by atoms with Gasteiger partial charge in [-0.05, 0) is 24.3 Å². The number of nitrogens with two attached hydrogens (primary N) is 1. The number of ether oxygens (including phenoxy) is 2. The predicted molar refractivity (Wildman–Crippen MR) is 68.6 cm³/mol. The molecule has 0 spiro atoms. The smallest absolute Gasteiger partial charge is 0.154 e. The van der Waals surface area contributed by atoms with Gasteiger partial charge in [0, 0.05) is 6.07 Å². The number of para-hydroxylation sites is 1. The van der Waals surface area contributed by atoms with Gasteiger partial charge in [0.1, 0.15) is 17.6 Å². The summed E-state index contributed by atoms with van der Waals surface area (Å²) in [5, 5.41) is 8.98. The second kappa shape index (κ2) is 5.11. The number of nitrogens with zero attached hydrogens (tertiary/aromatic N) is 1. The SMILES string of the molecule is COc1ccc(N)c(Oc2ccccc2C#N)c1. The summed E-state index contributed by atoms with van der Waals surface area (Å²) < 4.78 is 10.7. The summed E-state index contributed by atoms with van der Waals surface area (Å²) in [4.78, 5) is 0. The van der Waals surface area contributed by atoms with Crippen LogP contribution >= 0.6 is 0 Å². The summed E-state index contributed by atoms with van der Waals surface area (Å²) in [5.74, 6) is 1.59. The summed E-state index contributed by atoms with van der Waals surface area (Å²) in [7, 11) is 1.57. The maximum atomic E-state index is 8.98. The Hall–Kier alpha value is -2.67. The molecule has 0 aliphatic carbocycles. The van der Waals surface area contributed by atoms with E-state index in [9.17, 15) is 0 Å². The van der Waals surface area contributed by atoms with E-state index in [2.05, 4.69) is 6.07 Å². The number of hydrogen-bond donors (Lipinski definition) is 1. The molecule has 0 saturated carbocycles. The largest absolute Gasteiger partial charge is 0.497 e. The third-order valence-electron chi connectivity index (χ3n) is 2.45. The van der Waals surface area contributed by atoms with E-state index in [0.717, 1.165) is 0 Å². The highest BCUT2D eigenvalue weighted by Crippen LogP contribution is 2.32. The fourth-order valence-electron chi connectivity index (χ4n) is 1.50. The highest BCUT2D eigenvalue weighted by molar-refractivity contribution is 5.58. The van der Waals surface area contributed by atoms with Crippen molar-refractivity contribution in [1.29, 1.82) is 5.26 Å². The third-order valence-corrected chi connectivity index (χ3v) is 2.45. The second-order valence-corrected chi connectivity index (χ2v) is 3.61. The zero-order chi connectivity index (χ0) is 13.0. The normalized spacial score (nSPS) is 9.56. The maximum absolute atomic E-state index is 8.98. The third kappa shape index (κ3) is 2.36. The first-order valence-corrected chi connectivity index (χ1v) is 5.35. The van der Waals surface area contributed by atoms with Crippen LogP contribution in [-0.2, 0) is 0 Å². The number of nitrogen functional groups attached to an aromatic ring is 1. The standard InChI is InChI=1S/C14H12N2O2/c1-17-11-6-7-12(16)14(8-11)18-13-5-3-2-4-10(13)9-15/h2-8H,16H2,1H3. The van der Waals surface area contributed by atoms with Gasteiger partial charge in [-0.15, -0.1) is 0 Å². The predicted octanol–water partition coefficient (Wildman–Crippen LogP) is 2.94. The molecule has 0 bridgehead atoms. The van der Waals surface area contributed by atoms with Crippen molar-refractivity contribution < 1.29 is 9.47 Å². The molecule has 2 aromatic carbocycles. The summed E-state index contributed by atoms with van der Waals surface area (Å²) in [6.07, 6.45) is 0. The first kappa shape index (κ1) is 11.8. The molecule has 18 heavy (non-hydrogen) atoms.